The number of aromatic nitrogens is 4. The van der Waals surface area contributed by atoms with E-state index in [9.17, 15) is 14.0 Å². The molecule has 4 aromatic rings. The van der Waals surface area contributed by atoms with E-state index in [1.807, 2.05) is 22.5 Å². The summed E-state index contributed by atoms with van der Waals surface area (Å²) in [6.07, 6.45) is 10.0. The fraction of sp³-hybridized carbons (Fsp3) is 0.500. The predicted molar refractivity (Wildman–Crippen MR) is 188 cm³/mol. The summed E-state index contributed by atoms with van der Waals surface area (Å²) in [6, 6.07) is 10.7. The number of likely N-dealkylation sites (tertiary alicyclic amines) is 2. The zero-order valence-corrected chi connectivity index (χ0v) is 28.9. The number of carbonyl (C=O) groups excluding carboxylic acids is 2. The SMILES string of the molecule is CC(=O)N1CCC2(CC1)C(=O)N([C@H]1C[C@@H](N3CCCCC3)C1)c1cc(-c3cc4ncn(C(C)C)c4c(Nc4cc(C)ncc4F)n3)ccc12. The van der Waals surface area contributed by atoms with Gasteiger partial charge in [0.25, 0.3) is 0 Å². The van der Waals surface area contributed by atoms with Crippen LogP contribution in [0.3, 0.4) is 0 Å². The molecule has 1 saturated carbocycles. The monoisotopic (exact) mass is 664 g/mol. The van der Waals surface area contributed by atoms with Gasteiger partial charge in [-0.1, -0.05) is 18.6 Å². The van der Waals surface area contributed by atoms with E-state index < -0.39 is 11.2 Å². The van der Waals surface area contributed by atoms with Gasteiger partial charge in [-0.15, -0.1) is 0 Å². The van der Waals surface area contributed by atoms with Crippen LogP contribution in [0.1, 0.15) is 83.0 Å². The van der Waals surface area contributed by atoms with Crippen LogP contribution in [0.5, 0.6) is 0 Å². The summed E-state index contributed by atoms with van der Waals surface area (Å²) < 4.78 is 17.0. The fourth-order valence-corrected chi connectivity index (χ4v) is 8.60. The Kier molecular flexibility index (Phi) is 7.93. The number of pyridine rings is 2. The first-order valence-electron chi connectivity index (χ1n) is 17.9. The van der Waals surface area contributed by atoms with Gasteiger partial charge in [0.05, 0.1) is 34.8 Å². The quantitative estimate of drug-likeness (QED) is 0.251. The molecule has 1 aromatic carbocycles. The molecule has 3 fully saturated rings. The molecule has 3 aliphatic heterocycles. The zero-order chi connectivity index (χ0) is 34.0. The highest BCUT2D eigenvalue weighted by Crippen LogP contribution is 2.52. The van der Waals surface area contributed by atoms with Crippen molar-refractivity contribution >= 4 is 40.0 Å². The van der Waals surface area contributed by atoms with E-state index in [1.54, 1.807) is 19.3 Å². The molecule has 2 amide bonds. The maximum Gasteiger partial charge on any atom is 0.238 e. The van der Waals surface area contributed by atoms with Crippen molar-refractivity contribution in [3.63, 3.8) is 0 Å². The Bertz CT molecular complexity index is 1940. The zero-order valence-electron chi connectivity index (χ0n) is 28.9. The van der Waals surface area contributed by atoms with Gasteiger partial charge < -0.3 is 24.6 Å². The van der Waals surface area contributed by atoms with Gasteiger partial charge in [-0.3, -0.25) is 14.6 Å². The van der Waals surface area contributed by atoms with E-state index >= 15 is 0 Å². The average Bonchev–Trinajstić information content (AvgIpc) is 3.61. The van der Waals surface area contributed by atoms with Crippen LogP contribution in [-0.2, 0) is 15.0 Å². The summed E-state index contributed by atoms with van der Waals surface area (Å²) in [6.45, 7) is 11.0. The molecule has 8 rings (SSSR count). The second-order valence-electron chi connectivity index (χ2n) is 14.8. The first-order chi connectivity index (χ1) is 23.6. The first kappa shape index (κ1) is 31.9. The van der Waals surface area contributed by atoms with Crippen LogP contribution >= 0.6 is 0 Å². The smallest absolute Gasteiger partial charge is 0.238 e. The molecule has 1 N–H and O–H groups in total. The Balaban J connectivity index is 1.20. The van der Waals surface area contributed by atoms with Crippen LogP contribution in [-0.4, -0.2) is 79.4 Å². The number of piperidine rings is 2. The molecule has 1 aliphatic carbocycles. The Morgan fingerprint density at radius 3 is 2.47 bits per heavy atom. The van der Waals surface area contributed by atoms with Crippen LogP contribution in [0.2, 0.25) is 0 Å². The number of anilines is 3. The van der Waals surface area contributed by atoms with Crippen LogP contribution in [0.15, 0.2) is 42.9 Å². The standard InChI is InChI=1S/C38H45FN8O2/c1-23(2)46-22-41-33-20-31(42-36(35(33)46)43-32-16-24(3)40-21-30(32)39)26-8-9-29-34(17-26)47(28-18-27(19-28)45-12-6-5-7-13-45)37(49)38(29)10-14-44(15-11-38)25(4)48/h8-9,16-17,20-23,27-28H,5-7,10-15,18-19H2,1-4H3,(H,40,42,43)/t27-,28+. The fourth-order valence-electron chi connectivity index (χ4n) is 8.60. The molecule has 11 heteroatoms. The third-order valence-electron chi connectivity index (χ3n) is 11.5. The van der Waals surface area contributed by atoms with Crippen molar-refractivity contribution in [2.45, 2.75) is 96.2 Å². The number of imidazole rings is 1. The number of carbonyl (C=O) groups is 2. The number of benzene rings is 1. The van der Waals surface area contributed by atoms with Crippen molar-refractivity contribution in [3.8, 4) is 11.3 Å². The van der Waals surface area contributed by atoms with E-state index in [1.165, 1.54) is 25.5 Å². The Labute approximate surface area is 286 Å². The van der Waals surface area contributed by atoms with Crippen LogP contribution in [0.25, 0.3) is 22.3 Å². The predicted octanol–water partition coefficient (Wildman–Crippen LogP) is 6.51. The number of hydrogen-bond donors (Lipinski definition) is 1. The van der Waals surface area contributed by atoms with Gasteiger partial charge in [-0.05, 0) is 96.1 Å². The second-order valence-corrected chi connectivity index (χ2v) is 14.8. The number of amides is 2. The summed E-state index contributed by atoms with van der Waals surface area (Å²) >= 11 is 0. The van der Waals surface area contributed by atoms with Crippen molar-refractivity contribution in [2.24, 2.45) is 0 Å². The summed E-state index contributed by atoms with van der Waals surface area (Å²) in [4.78, 5) is 47.4. The molecule has 256 valence electrons. The highest BCUT2D eigenvalue weighted by molar-refractivity contribution is 6.09. The van der Waals surface area contributed by atoms with Crippen molar-refractivity contribution in [1.29, 1.82) is 0 Å². The number of aryl methyl sites for hydroxylation is 1. The molecule has 6 heterocycles. The first-order valence-corrected chi connectivity index (χ1v) is 17.9. The Hall–Kier alpha value is -4.38. The minimum absolute atomic E-state index is 0.0590. The largest absolute Gasteiger partial charge is 0.343 e. The normalized spacial score (nSPS) is 22.2. The van der Waals surface area contributed by atoms with Crippen molar-refractivity contribution in [1.82, 2.24) is 29.3 Å². The summed E-state index contributed by atoms with van der Waals surface area (Å²) in [5.41, 5.74) is 5.48. The van der Waals surface area contributed by atoms with E-state index in [-0.39, 0.29) is 23.9 Å². The maximum absolute atomic E-state index is 15.0. The van der Waals surface area contributed by atoms with Gasteiger partial charge in [0.1, 0.15) is 5.52 Å². The minimum Gasteiger partial charge on any atom is -0.343 e. The number of rotatable bonds is 6. The van der Waals surface area contributed by atoms with Gasteiger partial charge in [-0.2, -0.15) is 0 Å². The highest BCUT2D eigenvalue weighted by Gasteiger charge is 2.55. The number of fused-ring (bicyclic) bond motifs is 3. The highest BCUT2D eigenvalue weighted by atomic mass is 19.1. The number of nitrogens with one attached hydrogen (secondary N) is 1. The van der Waals surface area contributed by atoms with E-state index in [0.29, 0.717) is 54.9 Å². The van der Waals surface area contributed by atoms with Gasteiger partial charge in [0.15, 0.2) is 11.6 Å². The van der Waals surface area contributed by atoms with Crippen molar-refractivity contribution < 1.29 is 14.0 Å². The topological polar surface area (TPSA) is 99.5 Å². The Morgan fingerprint density at radius 1 is 1.00 bits per heavy atom. The summed E-state index contributed by atoms with van der Waals surface area (Å²) in [5.74, 6) is 0.282. The van der Waals surface area contributed by atoms with Gasteiger partial charge in [0.2, 0.25) is 11.8 Å². The molecule has 0 unspecified atom stereocenters. The number of hydrogen-bond acceptors (Lipinski definition) is 7. The third kappa shape index (κ3) is 5.37. The number of nitrogens with zero attached hydrogens (tertiary/aromatic N) is 7. The minimum atomic E-state index is -0.632. The molecule has 10 nitrogen and oxygen atoms in total. The molecule has 2 saturated heterocycles. The molecule has 0 atom stereocenters. The summed E-state index contributed by atoms with van der Waals surface area (Å²) in [7, 11) is 0. The number of halogens is 1. The molecule has 4 aliphatic rings. The molecule has 49 heavy (non-hydrogen) atoms. The van der Waals surface area contributed by atoms with Gasteiger partial charge in [0, 0.05) is 55.1 Å². The van der Waals surface area contributed by atoms with Gasteiger partial charge in [-0.25, -0.2) is 14.4 Å². The molecule has 0 radical (unpaired) electrons. The summed E-state index contributed by atoms with van der Waals surface area (Å²) in [5, 5.41) is 3.26. The maximum atomic E-state index is 15.0. The molecule has 0 bridgehead atoms. The lowest BCUT2D eigenvalue weighted by Gasteiger charge is -2.48. The van der Waals surface area contributed by atoms with E-state index in [4.69, 9.17) is 9.97 Å². The van der Waals surface area contributed by atoms with E-state index in [0.717, 1.165) is 53.8 Å². The lowest BCUT2D eigenvalue weighted by atomic mass is 9.73. The van der Waals surface area contributed by atoms with E-state index in [2.05, 4.69) is 52.1 Å². The second kappa shape index (κ2) is 12.2. The third-order valence-corrected chi connectivity index (χ3v) is 11.5. The van der Waals surface area contributed by atoms with Crippen LogP contribution in [0, 0.1) is 12.7 Å². The lowest BCUT2D eigenvalue weighted by molar-refractivity contribution is -0.134. The lowest BCUT2D eigenvalue weighted by Crippen LogP contribution is -2.58. The Morgan fingerprint density at radius 2 is 1.76 bits per heavy atom. The van der Waals surface area contributed by atoms with Crippen LogP contribution < -0.4 is 10.2 Å². The van der Waals surface area contributed by atoms with Crippen molar-refractivity contribution in [2.75, 3.05) is 36.4 Å². The molecular weight excluding hydrogens is 619 g/mol. The van der Waals surface area contributed by atoms with Crippen molar-refractivity contribution in [3.05, 3.63) is 59.9 Å². The molecule has 1 spiro atoms. The average molecular weight is 665 g/mol. The van der Waals surface area contributed by atoms with Crippen LogP contribution in [0.4, 0.5) is 21.6 Å². The molecule has 3 aromatic heterocycles. The van der Waals surface area contributed by atoms with Gasteiger partial charge >= 0.3 is 0 Å². The molecular formula is C38H45FN8O2.